The number of carbonyl (C=O) groups is 1. The van der Waals surface area contributed by atoms with E-state index in [2.05, 4.69) is 0 Å². The minimum Gasteiger partial charge on any atom is -0.481 e. The van der Waals surface area contributed by atoms with E-state index >= 15 is 0 Å². The van der Waals surface area contributed by atoms with Gasteiger partial charge in [0.2, 0.25) is 0 Å². The lowest BCUT2D eigenvalue weighted by molar-refractivity contribution is -0.142. The summed E-state index contributed by atoms with van der Waals surface area (Å²) in [4.78, 5) is 11.3. The van der Waals surface area contributed by atoms with Crippen molar-refractivity contribution in [3.8, 4) is 0 Å². The van der Waals surface area contributed by atoms with Crippen molar-refractivity contribution < 1.29 is 14.3 Å². The molecule has 100 valence electrons. The van der Waals surface area contributed by atoms with E-state index in [-0.39, 0.29) is 0 Å². The highest BCUT2D eigenvalue weighted by atomic mass is 16.4. The van der Waals surface area contributed by atoms with Crippen LogP contribution in [0.15, 0.2) is 40.8 Å². The first-order valence-electron chi connectivity index (χ1n) is 6.28. The molecule has 1 aromatic carbocycles. The van der Waals surface area contributed by atoms with Gasteiger partial charge >= 0.3 is 5.97 Å². The average molecular weight is 258 g/mol. The minimum absolute atomic E-state index is 0.678. The first-order chi connectivity index (χ1) is 8.89. The molecule has 0 amide bonds. The van der Waals surface area contributed by atoms with Crippen LogP contribution in [0.1, 0.15) is 36.5 Å². The van der Waals surface area contributed by atoms with E-state index in [0.29, 0.717) is 6.42 Å². The first kappa shape index (κ1) is 13.4. The molecule has 0 atom stereocenters. The van der Waals surface area contributed by atoms with Gasteiger partial charge in [-0.25, -0.2) is 0 Å². The molecular weight excluding hydrogens is 240 g/mol. The van der Waals surface area contributed by atoms with Gasteiger partial charge in [-0.05, 0) is 44.0 Å². The van der Waals surface area contributed by atoms with E-state index < -0.39 is 11.4 Å². The summed E-state index contributed by atoms with van der Waals surface area (Å²) in [5, 5.41) is 9.26. The van der Waals surface area contributed by atoms with Gasteiger partial charge in [-0.1, -0.05) is 24.3 Å². The summed E-state index contributed by atoms with van der Waals surface area (Å²) in [6, 6.07) is 11.5. The summed E-state index contributed by atoms with van der Waals surface area (Å²) >= 11 is 0. The third-order valence-corrected chi connectivity index (χ3v) is 3.36. The monoisotopic (exact) mass is 258 g/mol. The Bertz CT molecular complexity index is 594. The predicted molar refractivity (Wildman–Crippen MR) is 73.4 cm³/mol. The van der Waals surface area contributed by atoms with Gasteiger partial charge in [-0.15, -0.1) is 0 Å². The van der Waals surface area contributed by atoms with Crippen LogP contribution in [0.2, 0.25) is 0 Å². The van der Waals surface area contributed by atoms with Crippen molar-refractivity contribution in [2.75, 3.05) is 0 Å². The Morgan fingerprint density at radius 1 is 1.26 bits per heavy atom. The number of furan rings is 1. The van der Waals surface area contributed by atoms with Crippen molar-refractivity contribution in [1.82, 2.24) is 0 Å². The average Bonchev–Trinajstić information content (AvgIpc) is 2.75. The Labute approximate surface area is 112 Å². The van der Waals surface area contributed by atoms with Crippen LogP contribution in [0.5, 0.6) is 0 Å². The zero-order chi connectivity index (χ0) is 14.0. The predicted octanol–water partition coefficient (Wildman–Crippen LogP) is 3.54. The number of hydrogen-bond donors (Lipinski definition) is 1. The minimum atomic E-state index is -0.880. The quantitative estimate of drug-likeness (QED) is 0.912. The molecule has 0 aliphatic rings. The second-order valence-corrected chi connectivity index (χ2v) is 5.32. The molecule has 0 aliphatic heterocycles. The maximum atomic E-state index is 11.3. The summed E-state index contributed by atoms with van der Waals surface area (Å²) in [6.45, 7) is 5.34. The molecule has 3 nitrogen and oxygen atoms in total. The van der Waals surface area contributed by atoms with Crippen LogP contribution in [-0.4, -0.2) is 11.1 Å². The number of rotatable bonds is 4. The van der Waals surface area contributed by atoms with Gasteiger partial charge in [0.25, 0.3) is 0 Å². The van der Waals surface area contributed by atoms with E-state index in [1.165, 1.54) is 0 Å². The Morgan fingerprint density at radius 3 is 2.58 bits per heavy atom. The third kappa shape index (κ3) is 2.87. The van der Waals surface area contributed by atoms with Gasteiger partial charge in [-0.2, -0.15) is 0 Å². The molecule has 0 unspecified atom stereocenters. The fourth-order valence-corrected chi connectivity index (χ4v) is 1.97. The highest BCUT2D eigenvalue weighted by molar-refractivity contribution is 5.80. The molecule has 2 rings (SSSR count). The molecule has 1 aromatic heterocycles. The highest BCUT2D eigenvalue weighted by Gasteiger charge is 2.29. The molecular formula is C16H18O3. The summed E-state index contributed by atoms with van der Waals surface area (Å²) in [6.07, 6.45) is 0.678. The normalized spacial score (nSPS) is 11.5. The van der Waals surface area contributed by atoms with Gasteiger partial charge in [-0.3, -0.25) is 4.79 Å². The maximum Gasteiger partial charge on any atom is 0.313 e. The van der Waals surface area contributed by atoms with Crippen molar-refractivity contribution in [2.24, 2.45) is 0 Å². The number of carboxylic acids is 1. The maximum absolute atomic E-state index is 11.3. The van der Waals surface area contributed by atoms with Gasteiger partial charge in [0, 0.05) is 6.42 Å². The van der Waals surface area contributed by atoms with Crippen LogP contribution >= 0.6 is 0 Å². The molecule has 0 saturated heterocycles. The van der Waals surface area contributed by atoms with Gasteiger partial charge < -0.3 is 9.52 Å². The van der Waals surface area contributed by atoms with Gasteiger partial charge in [0.1, 0.15) is 11.5 Å². The number of aryl methyl sites for hydroxylation is 1. The smallest absolute Gasteiger partial charge is 0.313 e. The largest absolute Gasteiger partial charge is 0.481 e. The van der Waals surface area contributed by atoms with Crippen LogP contribution < -0.4 is 0 Å². The molecule has 0 saturated carbocycles. The Hall–Kier alpha value is -2.03. The summed E-state index contributed by atoms with van der Waals surface area (Å²) in [5.41, 5.74) is 0.983. The summed E-state index contributed by atoms with van der Waals surface area (Å²) in [7, 11) is 0. The van der Waals surface area contributed by atoms with E-state index in [1.807, 2.05) is 43.3 Å². The number of hydrogen-bond acceptors (Lipinski definition) is 2. The molecule has 0 radical (unpaired) electrons. The number of aliphatic carboxylic acids is 1. The molecule has 0 bridgehead atoms. The van der Waals surface area contributed by atoms with Crippen molar-refractivity contribution >= 4 is 5.97 Å². The lowest BCUT2D eigenvalue weighted by Crippen LogP contribution is -2.28. The SMILES string of the molecule is Cc1ccc(Cc2cccc(C(C)(C)C(=O)O)c2)o1. The fourth-order valence-electron chi connectivity index (χ4n) is 1.97. The van der Waals surface area contributed by atoms with Crippen molar-refractivity contribution in [3.05, 3.63) is 59.0 Å². The van der Waals surface area contributed by atoms with Gasteiger partial charge in [0.05, 0.1) is 5.41 Å². The summed E-state index contributed by atoms with van der Waals surface area (Å²) in [5.74, 6) is 0.957. The number of carboxylic acid groups (broad SMARTS) is 1. The van der Waals surface area contributed by atoms with E-state index in [9.17, 15) is 9.90 Å². The van der Waals surface area contributed by atoms with Gasteiger partial charge in [0.15, 0.2) is 0 Å². The molecule has 3 heteroatoms. The topological polar surface area (TPSA) is 50.4 Å². The van der Waals surface area contributed by atoms with E-state index in [1.54, 1.807) is 13.8 Å². The van der Waals surface area contributed by atoms with Crippen LogP contribution in [-0.2, 0) is 16.6 Å². The Morgan fingerprint density at radius 2 is 2.00 bits per heavy atom. The van der Waals surface area contributed by atoms with Crippen LogP contribution in [0, 0.1) is 6.92 Å². The van der Waals surface area contributed by atoms with E-state index in [4.69, 9.17) is 4.42 Å². The zero-order valence-electron chi connectivity index (χ0n) is 11.4. The molecule has 0 aliphatic carbocycles. The molecule has 0 spiro atoms. The zero-order valence-corrected chi connectivity index (χ0v) is 11.4. The Balaban J connectivity index is 2.27. The third-order valence-electron chi connectivity index (χ3n) is 3.36. The standard InChI is InChI=1S/C16H18O3/c1-11-7-8-14(19-11)10-12-5-4-6-13(9-12)16(2,3)15(17)18/h4-9H,10H2,1-3H3,(H,17,18). The van der Waals surface area contributed by atoms with Crippen LogP contribution in [0.4, 0.5) is 0 Å². The molecule has 0 fully saturated rings. The second kappa shape index (κ2) is 4.92. The van der Waals surface area contributed by atoms with Crippen molar-refractivity contribution in [3.63, 3.8) is 0 Å². The number of benzene rings is 1. The molecule has 19 heavy (non-hydrogen) atoms. The van der Waals surface area contributed by atoms with E-state index in [0.717, 1.165) is 22.6 Å². The second-order valence-electron chi connectivity index (χ2n) is 5.32. The lowest BCUT2D eigenvalue weighted by atomic mass is 9.84. The van der Waals surface area contributed by atoms with Crippen LogP contribution in [0.25, 0.3) is 0 Å². The molecule has 2 aromatic rings. The Kier molecular flexibility index (Phi) is 3.47. The van der Waals surface area contributed by atoms with Crippen molar-refractivity contribution in [2.45, 2.75) is 32.6 Å². The fraction of sp³-hybridized carbons (Fsp3) is 0.312. The molecule has 1 heterocycles. The van der Waals surface area contributed by atoms with Crippen molar-refractivity contribution in [1.29, 1.82) is 0 Å². The highest BCUT2D eigenvalue weighted by Crippen LogP contribution is 2.25. The first-order valence-corrected chi connectivity index (χ1v) is 6.28. The lowest BCUT2D eigenvalue weighted by Gasteiger charge is -2.20. The summed E-state index contributed by atoms with van der Waals surface area (Å²) < 4.78 is 5.54. The van der Waals surface area contributed by atoms with Crippen LogP contribution in [0.3, 0.4) is 0 Å². The molecule has 1 N–H and O–H groups in total.